The van der Waals surface area contributed by atoms with E-state index in [0.717, 1.165) is 19.4 Å². The molecule has 0 fully saturated rings. The summed E-state index contributed by atoms with van der Waals surface area (Å²) in [5.41, 5.74) is 7.34. The average Bonchev–Trinajstić information content (AvgIpc) is 2.62. The summed E-state index contributed by atoms with van der Waals surface area (Å²) in [5.74, 6) is 0. The highest BCUT2D eigenvalue weighted by Gasteiger charge is 2.14. The van der Waals surface area contributed by atoms with Crippen LogP contribution in [0.2, 0.25) is 0 Å². The van der Waals surface area contributed by atoms with Gasteiger partial charge in [0.1, 0.15) is 0 Å². The SMILES string of the molecule is CCc1c(C)c(CC)n(Cc2ccccc2)c1C. The standard InChI is InChI=1S/C17H23N/c1-5-16-13(3)17(6-2)18(14(16)4)12-15-10-8-7-9-11-15/h7-11H,5-6,12H2,1-4H3. The summed E-state index contributed by atoms with van der Waals surface area (Å²) in [7, 11) is 0. The molecule has 1 nitrogen and oxygen atoms in total. The number of hydrogen-bond acceptors (Lipinski definition) is 0. The molecule has 0 bridgehead atoms. The Morgan fingerprint density at radius 2 is 1.61 bits per heavy atom. The molecule has 2 aromatic rings. The van der Waals surface area contributed by atoms with Gasteiger partial charge in [-0.1, -0.05) is 44.2 Å². The van der Waals surface area contributed by atoms with E-state index in [0.29, 0.717) is 0 Å². The van der Waals surface area contributed by atoms with Crippen molar-refractivity contribution in [3.63, 3.8) is 0 Å². The second-order valence-electron chi connectivity index (χ2n) is 4.91. The lowest BCUT2D eigenvalue weighted by molar-refractivity contribution is 0.722. The van der Waals surface area contributed by atoms with Gasteiger partial charge in [-0.3, -0.25) is 0 Å². The van der Waals surface area contributed by atoms with Crippen LogP contribution in [0.25, 0.3) is 0 Å². The minimum atomic E-state index is 0.997. The minimum absolute atomic E-state index is 0.997. The van der Waals surface area contributed by atoms with Crippen molar-refractivity contribution < 1.29 is 0 Å². The van der Waals surface area contributed by atoms with Crippen LogP contribution in [-0.4, -0.2) is 4.57 Å². The molecule has 0 aliphatic rings. The van der Waals surface area contributed by atoms with Gasteiger partial charge in [0, 0.05) is 17.9 Å². The van der Waals surface area contributed by atoms with Crippen molar-refractivity contribution >= 4 is 0 Å². The largest absolute Gasteiger partial charge is 0.344 e. The summed E-state index contributed by atoms with van der Waals surface area (Å²) >= 11 is 0. The molecule has 0 saturated heterocycles. The lowest BCUT2D eigenvalue weighted by atomic mass is 10.1. The van der Waals surface area contributed by atoms with Gasteiger partial charge in [-0.2, -0.15) is 0 Å². The predicted molar refractivity (Wildman–Crippen MR) is 78.2 cm³/mol. The van der Waals surface area contributed by atoms with Crippen LogP contribution in [-0.2, 0) is 19.4 Å². The van der Waals surface area contributed by atoms with Gasteiger partial charge in [0.05, 0.1) is 0 Å². The Balaban J connectivity index is 2.44. The van der Waals surface area contributed by atoms with Gasteiger partial charge < -0.3 is 4.57 Å². The average molecular weight is 241 g/mol. The number of benzene rings is 1. The smallest absolute Gasteiger partial charge is 0.0475 e. The van der Waals surface area contributed by atoms with Crippen molar-refractivity contribution in [1.29, 1.82) is 0 Å². The Morgan fingerprint density at radius 3 is 2.17 bits per heavy atom. The summed E-state index contributed by atoms with van der Waals surface area (Å²) in [5, 5.41) is 0. The van der Waals surface area contributed by atoms with Crippen molar-refractivity contribution in [3.05, 3.63) is 58.4 Å². The van der Waals surface area contributed by atoms with Crippen LogP contribution in [0.4, 0.5) is 0 Å². The Hall–Kier alpha value is -1.50. The van der Waals surface area contributed by atoms with E-state index in [-0.39, 0.29) is 0 Å². The zero-order chi connectivity index (χ0) is 13.1. The van der Waals surface area contributed by atoms with Crippen LogP contribution in [0.15, 0.2) is 30.3 Å². The number of hydrogen-bond donors (Lipinski definition) is 0. The maximum Gasteiger partial charge on any atom is 0.0475 e. The lowest BCUT2D eigenvalue weighted by Crippen LogP contribution is -2.06. The summed E-state index contributed by atoms with van der Waals surface area (Å²) < 4.78 is 2.49. The second kappa shape index (κ2) is 5.43. The molecule has 0 atom stereocenters. The second-order valence-corrected chi connectivity index (χ2v) is 4.91. The Kier molecular flexibility index (Phi) is 3.90. The molecule has 0 unspecified atom stereocenters. The lowest BCUT2D eigenvalue weighted by Gasteiger charge is -2.11. The molecular weight excluding hydrogens is 218 g/mol. The Morgan fingerprint density at radius 1 is 0.944 bits per heavy atom. The van der Waals surface area contributed by atoms with Crippen molar-refractivity contribution in [2.24, 2.45) is 0 Å². The van der Waals surface area contributed by atoms with Crippen molar-refractivity contribution in [3.8, 4) is 0 Å². The minimum Gasteiger partial charge on any atom is -0.344 e. The number of nitrogens with zero attached hydrogens (tertiary/aromatic N) is 1. The third-order valence-corrected chi connectivity index (χ3v) is 3.92. The van der Waals surface area contributed by atoms with E-state index >= 15 is 0 Å². The highest BCUT2D eigenvalue weighted by atomic mass is 15.0. The zero-order valence-electron chi connectivity index (χ0n) is 12.0. The first-order valence-electron chi connectivity index (χ1n) is 6.90. The maximum absolute atomic E-state index is 2.49. The molecule has 1 aromatic carbocycles. The number of aromatic nitrogens is 1. The quantitative estimate of drug-likeness (QED) is 0.753. The fourth-order valence-corrected chi connectivity index (χ4v) is 2.97. The Labute approximate surface area is 110 Å². The van der Waals surface area contributed by atoms with Crippen molar-refractivity contribution in [2.45, 2.75) is 47.1 Å². The molecule has 0 radical (unpaired) electrons. The van der Waals surface area contributed by atoms with Crippen LogP contribution in [0.5, 0.6) is 0 Å². The first kappa shape index (κ1) is 12.9. The van der Waals surface area contributed by atoms with E-state index in [1.54, 1.807) is 0 Å². The third-order valence-electron chi connectivity index (χ3n) is 3.92. The maximum atomic E-state index is 2.49. The fourth-order valence-electron chi connectivity index (χ4n) is 2.97. The normalized spacial score (nSPS) is 10.9. The summed E-state index contributed by atoms with van der Waals surface area (Å²) in [6.45, 7) is 10.0. The van der Waals surface area contributed by atoms with Crippen LogP contribution in [0, 0.1) is 13.8 Å². The molecule has 96 valence electrons. The first-order chi connectivity index (χ1) is 8.69. The topological polar surface area (TPSA) is 4.93 Å². The summed E-state index contributed by atoms with van der Waals surface area (Å²) in [4.78, 5) is 0. The molecule has 0 N–H and O–H groups in total. The summed E-state index contributed by atoms with van der Waals surface area (Å²) in [6.07, 6.45) is 2.24. The van der Waals surface area contributed by atoms with Crippen molar-refractivity contribution in [2.75, 3.05) is 0 Å². The zero-order valence-corrected chi connectivity index (χ0v) is 12.0. The predicted octanol–water partition coefficient (Wildman–Crippen LogP) is 4.28. The molecule has 0 amide bonds. The monoisotopic (exact) mass is 241 g/mol. The van der Waals surface area contributed by atoms with E-state index in [2.05, 4.69) is 62.6 Å². The molecule has 0 aliphatic heterocycles. The van der Waals surface area contributed by atoms with Gasteiger partial charge in [-0.05, 0) is 43.4 Å². The molecule has 0 spiro atoms. The number of rotatable bonds is 4. The van der Waals surface area contributed by atoms with Crippen LogP contribution in [0.3, 0.4) is 0 Å². The molecular formula is C17H23N. The highest BCUT2D eigenvalue weighted by Crippen LogP contribution is 2.24. The van der Waals surface area contributed by atoms with E-state index < -0.39 is 0 Å². The highest BCUT2D eigenvalue weighted by molar-refractivity contribution is 5.38. The Bertz CT molecular complexity index is 520. The molecule has 0 saturated carbocycles. The first-order valence-corrected chi connectivity index (χ1v) is 6.90. The van der Waals surface area contributed by atoms with Gasteiger partial charge in [-0.25, -0.2) is 0 Å². The third kappa shape index (κ3) is 2.22. The van der Waals surface area contributed by atoms with Crippen LogP contribution >= 0.6 is 0 Å². The van der Waals surface area contributed by atoms with Gasteiger partial charge in [0.25, 0.3) is 0 Å². The summed E-state index contributed by atoms with van der Waals surface area (Å²) in [6, 6.07) is 10.7. The van der Waals surface area contributed by atoms with E-state index in [4.69, 9.17) is 0 Å². The van der Waals surface area contributed by atoms with Gasteiger partial charge in [-0.15, -0.1) is 0 Å². The molecule has 0 aliphatic carbocycles. The molecule has 1 aromatic heterocycles. The molecule has 1 heteroatoms. The molecule has 2 rings (SSSR count). The van der Waals surface area contributed by atoms with E-state index in [1.165, 1.54) is 28.1 Å². The fraction of sp³-hybridized carbons (Fsp3) is 0.412. The van der Waals surface area contributed by atoms with Gasteiger partial charge >= 0.3 is 0 Å². The van der Waals surface area contributed by atoms with Crippen LogP contribution < -0.4 is 0 Å². The van der Waals surface area contributed by atoms with Gasteiger partial charge in [0.2, 0.25) is 0 Å². The molecule has 1 heterocycles. The van der Waals surface area contributed by atoms with E-state index in [1.807, 2.05) is 0 Å². The van der Waals surface area contributed by atoms with Gasteiger partial charge in [0.15, 0.2) is 0 Å². The van der Waals surface area contributed by atoms with E-state index in [9.17, 15) is 0 Å². The molecule has 18 heavy (non-hydrogen) atoms. The van der Waals surface area contributed by atoms with Crippen molar-refractivity contribution in [1.82, 2.24) is 4.57 Å². The van der Waals surface area contributed by atoms with Crippen LogP contribution in [0.1, 0.15) is 41.9 Å².